The van der Waals surface area contributed by atoms with Crippen LogP contribution in [-0.2, 0) is 16.1 Å². The molecule has 1 aromatic carbocycles. The number of carbonyl (C=O) groups is 3. The van der Waals surface area contributed by atoms with E-state index in [0.717, 1.165) is 0 Å². The minimum absolute atomic E-state index is 0.0142. The molecule has 0 saturated heterocycles. The van der Waals surface area contributed by atoms with Gasteiger partial charge in [-0.1, -0.05) is 0 Å². The number of nitrogens with two attached hydrogens (primary N) is 2. The second-order valence-corrected chi connectivity index (χ2v) is 7.49. The zero-order valence-corrected chi connectivity index (χ0v) is 18.5. The minimum Gasteiger partial charge on any atom is -0.481 e. The highest BCUT2D eigenvalue weighted by Gasteiger charge is 2.22. The lowest BCUT2D eigenvalue weighted by atomic mass is 10.1. The number of carboxylic acid groups (broad SMARTS) is 2. The lowest BCUT2D eigenvalue weighted by molar-refractivity contribution is -0.140. The summed E-state index contributed by atoms with van der Waals surface area (Å²) in [6.45, 7) is 0.333. The molecule has 0 aliphatic carbocycles. The number of nitrogens with one attached hydrogen (secondary N) is 1. The van der Waals surface area contributed by atoms with Gasteiger partial charge in [0.1, 0.15) is 6.04 Å². The topological polar surface area (TPSA) is 231 Å². The van der Waals surface area contributed by atoms with Crippen molar-refractivity contribution in [3.8, 4) is 0 Å². The van der Waals surface area contributed by atoms with E-state index < -0.39 is 30.3 Å². The van der Waals surface area contributed by atoms with Crippen molar-refractivity contribution in [3.63, 3.8) is 0 Å². The van der Waals surface area contributed by atoms with E-state index in [-0.39, 0.29) is 49.1 Å². The number of aromatic nitrogens is 4. The van der Waals surface area contributed by atoms with Crippen LogP contribution >= 0.6 is 0 Å². The fraction of sp³-hybridized carbons (Fsp3) is 0.286. The minimum atomic E-state index is -1.33. The lowest BCUT2D eigenvalue weighted by Gasteiger charge is -2.24. The van der Waals surface area contributed by atoms with Gasteiger partial charge in [-0.2, -0.15) is 9.97 Å². The fourth-order valence-corrected chi connectivity index (χ4v) is 3.27. The average Bonchev–Trinajstić information content (AvgIpc) is 2.81. The number of nitrogens with zero attached hydrogens (tertiary/aromatic N) is 5. The van der Waals surface area contributed by atoms with Gasteiger partial charge in [-0.05, 0) is 30.7 Å². The molecule has 184 valence electrons. The summed E-state index contributed by atoms with van der Waals surface area (Å²) >= 11 is 0. The van der Waals surface area contributed by atoms with E-state index in [1.165, 1.54) is 18.3 Å². The van der Waals surface area contributed by atoms with Gasteiger partial charge in [0.2, 0.25) is 5.95 Å². The van der Waals surface area contributed by atoms with Crippen molar-refractivity contribution in [1.29, 1.82) is 0 Å². The first-order valence-electron chi connectivity index (χ1n) is 10.4. The smallest absolute Gasteiger partial charge is 0.326 e. The summed E-state index contributed by atoms with van der Waals surface area (Å²) in [6.07, 6.45) is 0.867. The van der Waals surface area contributed by atoms with E-state index in [4.69, 9.17) is 16.6 Å². The molecule has 14 heteroatoms. The van der Waals surface area contributed by atoms with Gasteiger partial charge < -0.3 is 37.0 Å². The Morgan fingerprint density at radius 3 is 2.40 bits per heavy atom. The van der Waals surface area contributed by atoms with E-state index in [2.05, 4.69) is 25.3 Å². The molecular formula is C21H24N8O6. The van der Waals surface area contributed by atoms with Crippen LogP contribution in [0.3, 0.4) is 0 Å². The Labute approximate surface area is 198 Å². The third kappa shape index (κ3) is 6.48. The van der Waals surface area contributed by atoms with Gasteiger partial charge in [-0.15, -0.1) is 0 Å². The van der Waals surface area contributed by atoms with Crippen LogP contribution < -0.4 is 21.7 Å². The number of benzene rings is 1. The van der Waals surface area contributed by atoms with Crippen molar-refractivity contribution in [3.05, 3.63) is 41.7 Å². The molecule has 2 heterocycles. The van der Waals surface area contributed by atoms with Crippen LogP contribution in [0.25, 0.3) is 11.2 Å². The van der Waals surface area contributed by atoms with Gasteiger partial charge >= 0.3 is 11.9 Å². The van der Waals surface area contributed by atoms with E-state index >= 15 is 0 Å². The van der Waals surface area contributed by atoms with Crippen LogP contribution in [0.2, 0.25) is 0 Å². The summed E-state index contributed by atoms with van der Waals surface area (Å²) in [4.78, 5) is 52.8. The van der Waals surface area contributed by atoms with Crippen LogP contribution in [0.15, 0.2) is 30.5 Å². The highest BCUT2D eigenvalue weighted by atomic mass is 16.4. The molecule has 3 aromatic rings. The summed E-state index contributed by atoms with van der Waals surface area (Å²) in [5.74, 6) is -3.06. The highest BCUT2D eigenvalue weighted by molar-refractivity contribution is 5.97. The van der Waals surface area contributed by atoms with Gasteiger partial charge in [0.25, 0.3) is 5.91 Å². The van der Waals surface area contributed by atoms with Crippen molar-refractivity contribution < 1.29 is 29.7 Å². The number of rotatable bonds is 11. The molecule has 1 atom stereocenters. The van der Waals surface area contributed by atoms with Crippen molar-refractivity contribution in [1.82, 2.24) is 25.3 Å². The number of fused-ring (bicyclic) bond motifs is 1. The fourth-order valence-electron chi connectivity index (χ4n) is 3.27. The van der Waals surface area contributed by atoms with Crippen molar-refractivity contribution in [2.75, 3.05) is 29.5 Å². The standard InChI is InChI=1S/C21H24N8O6/c22-17-16-18(28-21(23)27-17)24-9-12(25-16)10-29(7-8-30)13-3-1-11(2-4-13)19(33)26-14(20(34)35)5-6-15(31)32/h1-4,9,14,30H,5-8,10H2,(H,26,33)(H,31,32)(H,34,35)(H4,22,23,24,27,28). The van der Waals surface area contributed by atoms with Crippen LogP contribution in [0.4, 0.5) is 17.5 Å². The first-order valence-corrected chi connectivity index (χ1v) is 10.4. The third-order valence-corrected chi connectivity index (χ3v) is 4.97. The Kier molecular flexibility index (Phi) is 7.88. The zero-order valence-electron chi connectivity index (χ0n) is 18.5. The van der Waals surface area contributed by atoms with Crippen LogP contribution in [0.1, 0.15) is 28.9 Å². The van der Waals surface area contributed by atoms with Gasteiger partial charge in [-0.3, -0.25) is 9.59 Å². The molecule has 0 radical (unpaired) electrons. The summed E-state index contributed by atoms with van der Waals surface area (Å²) in [7, 11) is 0. The van der Waals surface area contributed by atoms with Crippen LogP contribution in [0, 0.1) is 0 Å². The van der Waals surface area contributed by atoms with Crippen LogP contribution in [0.5, 0.6) is 0 Å². The van der Waals surface area contributed by atoms with Crippen molar-refractivity contribution in [2.24, 2.45) is 0 Å². The summed E-state index contributed by atoms with van der Waals surface area (Å²) in [5, 5.41) is 29.8. The molecule has 35 heavy (non-hydrogen) atoms. The Morgan fingerprint density at radius 2 is 1.77 bits per heavy atom. The predicted octanol–water partition coefficient (Wildman–Crippen LogP) is -0.369. The predicted molar refractivity (Wildman–Crippen MR) is 124 cm³/mol. The Hall–Kier alpha value is -4.59. The maximum Gasteiger partial charge on any atom is 0.326 e. The molecular weight excluding hydrogens is 460 g/mol. The molecule has 0 saturated carbocycles. The SMILES string of the molecule is Nc1nc(N)c2nc(CN(CCO)c3ccc(C(=O)NC(CCC(=O)O)C(=O)O)cc3)cnc2n1. The Bertz CT molecular complexity index is 1240. The van der Waals surface area contributed by atoms with Gasteiger partial charge in [0, 0.05) is 24.2 Å². The first-order chi connectivity index (χ1) is 16.7. The summed E-state index contributed by atoms with van der Waals surface area (Å²) in [5.41, 5.74) is 13.4. The van der Waals surface area contributed by atoms with Crippen LogP contribution in [-0.4, -0.2) is 72.3 Å². The number of aliphatic hydroxyl groups is 1. The molecule has 0 aliphatic rings. The summed E-state index contributed by atoms with van der Waals surface area (Å²) in [6, 6.07) is 4.91. The zero-order chi connectivity index (χ0) is 25.5. The number of carboxylic acids is 2. The molecule has 8 N–H and O–H groups in total. The van der Waals surface area contributed by atoms with Gasteiger partial charge in [0.05, 0.1) is 25.0 Å². The van der Waals surface area contributed by atoms with Crippen molar-refractivity contribution >= 4 is 46.5 Å². The van der Waals surface area contributed by atoms with E-state index in [0.29, 0.717) is 16.9 Å². The number of hydrogen-bond acceptors (Lipinski definition) is 11. The molecule has 0 aliphatic heterocycles. The number of aliphatic carboxylic acids is 2. The maximum absolute atomic E-state index is 12.5. The number of hydrogen-bond donors (Lipinski definition) is 6. The van der Waals surface area contributed by atoms with E-state index in [1.807, 2.05) is 0 Å². The highest BCUT2D eigenvalue weighted by Crippen LogP contribution is 2.20. The normalized spacial score (nSPS) is 11.7. The third-order valence-electron chi connectivity index (χ3n) is 4.97. The molecule has 14 nitrogen and oxygen atoms in total. The molecule has 0 bridgehead atoms. The van der Waals surface area contributed by atoms with E-state index in [9.17, 15) is 24.6 Å². The number of carbonyl (C=O) groups excluding carboxylic acids is 1. The molecule has 0 fully saturated rings. The molecule has 2 aromatic heterocycles. The largest absolute Gasteiger partial charge is 0.481 e. The van der Waals surface area contributed by atoms with Crippen molar-refractivity contribution in [2.45, 2.75) is 25.4 Å². The average molecular weight is 484 g/mol. The van der Waals surface area contributed by atoms with E-state index in [1.54, 1.807) is 17.0 Å². The second-order valence-electron chi connectivity index (χ2n) is 7.49. The number of amides is 1. The Balaban J connectivity index is 1.75. The number of aliphatic hydroxyl groups excluding tert-OH is 1. The lowest BCUT2D eigenvalue weighted by Crippen LogP contribution is -2.41. The first kappa shape index (κ1) is 25.0. The summed E-state index contributed by atoms with van der Waals surface area (Å²) < 4.78 is 0. The maximum atomic E-state index is 12.5. The number of nitrogen functional groups attached to an aromatic ring is 2. The van der Waals surface area contributed by atoms with Gasteiger partial charge in [-0.25, -0.2) is 14.8 Å². The molecule has 1 amide bonds. The molecule has 1 unspecified atom stereocenters. The molecule has 0 spiro atoms. The van der Waals surface area contributed by atoms with Gasteiger partial charge in [0.15, 0.2) is 17.0 Å². The quantitative estimate of drug-likeness (QED) is 0.204. The Morgan fingerprint density at radius 1 is 1.06 bits per heavy atom. The number of anilines is 3. The monoisotopic (exact) mass is 484 g/mol. The molecule has 3 rings (SSSR count). The second kappa shape index (κ2) is 11.0.